The number of methoxy groups -OCH3 is 2. The van der Waals surface area contributed by atoms with Gasteiger partial charge >= 0.3 is 0 Å². The molecular formula is C20H22N2O4. The average Bonchev–Trinajstić information content (AvgIpc) is 3.01. The van der Waals surface area contributed by atoms with Gasteiger partial charge in [0, 0.05) is 18.7 Å². The Morgan fingerprint density at radius 1 is 1.12 bits per heavy atom. The molecule has 1 aliphatic rings. The SMILES string of the molecule is COc1cccc(C(=O)N[C@H]2CC(=O)N(c3ccc(C)cc3)C2)c1OC. The van der Waals surface area contributed by atoms with Crippen molar-refractivity contribution in [1.82, 2.24) is 5.32 Å². The number of nitrogens with one attached hydrogen (secondary N) is 1. The van der Waals surface area contributed by atoms with Crippen molar-refractivity contribution in [3.05, 3.63) is 53.6 Å². The van der Waals surface area contributed by atoms with Gasteiger partial charge in [-0.15, -0.1) is 0 Å². The summed E-state index contributed by atoms with van der Waals surface area (Å²) in [4.78, 5) is 26.7. The topological polar surface area (TPSA) is 67.9 Å². The van der Waals surface area contributed by atoms with Crippen molar-refractivity contribution in [2.24, 2.45) is 0 Å². The van der Waals surface area contributed by atoms with E-state index in [9.17, 15) is 9.59 Å². The van der Waals surface area contributed by atoms with Crippen LogP contribution in [0.1, 0.15) is 22.3 Å². The van der Waals surface area contributed by atoms with Gasteiger partial charge in [0.05, 0.1) is 25.8 Å². The number of hydrogen-bond donors (Lipinski definition) is 1. The molecule has 1 heterocycles. The van der Waals surface area contributed by atoms with E-state index < -0.39 is 0 Å². The lowest BCUT2D eigenvalue weighted by Gasteiger charge is -2.18. The van der Waals surface area contributed by atoms with Gasteiger partial charge in [0.2, 0.25) is 5.91 Å². The molecule has 136 valence electrons. The fourth-order valence-corrected chi connectivity index (χ4v) is 3.11. The number of ether oxygens (including phenoxy) is 2. The predicted molar refractivity (Wildman–Crippen MR) is 98.9 cm³/mol. The van der Waals surface area contributed by atoms with E-state index in [1.807, 2.05) is 31.2 Å². The first-order valence-electron chi connectivity index (χ1n) is 8.42. The average molecular weight is 354 g/mol. The van der Waals surface area contributed by atoms with Crippen LogP contribution in [-0.2, 0) is 4.79 Å². The van der Waals surface area contributed by atoms with Gasteiger partial charge in [0.1, 0.15) is 0 Å². The second-order valence-corrected chi connectivity index (χ2v) is 6.26. The zero-order chi connectivity index (χ0) is 18.7. The molecule has 3 rings (SSSR count). The van der Waals surface area contributed by atoms with Gasteiger partial charge in [0.25, 0.3) is 5.91 Å². The van der Waals surface area contributed by atoms with Gasteiger partial charge in [-0.05, 0) is 31.2 Å². The molecule has 2 aromatic rings. The lowest BCUT2D eigenvalue weighted by Crippen LogP contribution is -2.37. The summed E-state index contributed by atoms with van der Waals surface area (Å²) in [5.74, 6) is 0.581. The van der Waals surface area contributed by atoms with E-state index >= 15 is 0 Å². The first-order valence-corrected chi connectivity index (χ1v) is 8.42. The highest BCUT2D eigenvalue weighted by atomic mass is 16.5. The van der Waals surface area contributed by atoms with E-state index in [0.717, 1.165) is 11.3 Å². The van der Waals surface area contributed by atoms with Crippen molar-refractivity contribution in [2.75, 3.05) is 25.7 Å². The fourth-order valence-electron chi connectivity index (χ4n) is 3.11. The number of nitrogens with zero attached hydrogens (tertiary/aromatic N) is 1. The highest BCUT2D eigenvalue weighted by molar-refractivity contribution is 6.00. The number of amides is 2. The van der Waals surface area contributed by atoms with Crippen molar-refractivity contribution in [3.8, 4) is 11.5 Å². The maximum Gasteiger partial charge on any atom is 0.255 e. The molecule has 6 nitrogen and oxygen atoms in total. The Morgan fingerprint density at radius 2 is 1.85 bits per heavy atom. The molecule has 0 unspecified atom stereocenters. The second kappa shape index (κ2) is 7.47. The maximum atomic E-state index is 12.7. The molecule has 26 heavy (non-hydrogen) atoms. The van der Waals surface area contributed by atoms with Crippen LogP contribution in [0.3, 0.4) is 0 Å². The Hall–Kier alpha value is -3.02. The molecule has 1 saturated heterocycles. The Labute approximate surface area is 152 Å². The van der Waals surface area contributed by atoms with Gasteiger partial charge in [-0.1, -0.05) is 23.8 Å². The van der Waals surface area contributed by atoms with Crippen LogP contribution in [0.15, 0.2) is 42.5 Å². The lowest BCUT2D eigenvalue weighted by atomic mass is 10.1. The highest BCUT2D eigenvalue weighted by Crippen LogP contribution is 2.31. The first kappa shape index (κ1) is 17.8. The number of anilines is 1. The molecule has 0 radical (unpaired) electrons. The summed E-state index contributed by atoms with van der Waals surface area (Å²) in [5.41, 5.74) is 2.36. The van der Waals surface area contributed by atoms with Crippen molar-refractivity contribution < 1.29 is 19.1 Å². The van der Waals surface area contributed by atoms with Gasteiger partial charge in [0.15, 0.2) is 11.5 Å². The third-order valence-corrected chi connectivity index (χ3v) is 4.45. The number of rotatable bonds is 5. The van der Waals surface area contributed by atoms with Crippen LogP contribution in [0.4, 0.5) is 5.69 Å². The third-order valence-electron chi connectivity index (χ3n) is 4.45. The first-order chi connectivity index (χ1) is 12.5. The number of para-hydroxylation sites is 1. The number of aryl methyl sites for hydroxylation is 1. The van der Waals surface area contributed by atoms with Gasteiger partial charge in [-0.25, -0.2) is 0 Å². The van der Waals surface area contributed by atoms with Crippen molar-refractivity contribution in [3.63, 3.8) is 0 Å². The van der Waals surface area contributed by atoms with Crippen LogP contribution in [0.5, 0.6) is 11.5 Å². The number of benzene rings is 2. The molecule has 2 aromatic carbocycles. The Kier molecular flexibility index (Phi) is 5.11. The van der Waals surface area contributed by atoms with Crippen molar-refractivity contribution in [2.45, 2.75) is 19.4 Å². The van der Waals surface area contributed by atoms with Crippen molar-refractivity contribution in [1.29, 1.82) is 0 Å². The second-order valence-electron chi connectivity index (χ2n) is 6.26. The van der Waals surface area contributed by atoms with Crippen LogP contribution in [-0.4, -0.2) is 38.6 Å². The minimum absolute atomic E-state index is 0.00300. The summed E-state index contributed by atoms with van der Waals surface area (Å²) in [7, 11) is 3.02. The Balaban J connectivity index is 1.73. The predicted octanol–water partition coefficient (Wildman–Crippen LogP) is 2.55. The highest BCUT2D eigenvalue weighted by Gasteiger charge is 2.32. The number of hydrogen-bond acceptors (Lipinski definition) is 4. The number of carbonyl (C=O) groups is 2. The van der Waals surface area contributed by atoms with E-state index in [2.05, 4.69) is 5.32 Å². The fraction of sp³-hybridized carbons (Fsp3) is 0.300. The summed E-state index contributed by atoms with van der Waals surface area (Å²) < 4.78 is 10.5. The summed E-state index contributed by atoms with van der Waals surface area (Å²) in [6, 6.07) is 12.6. The normalized spacial score (nSPS) is 16.5. The van der Waals surface area contributed by atoms with Gasteiger partial charge in [-0.2, -0.15) is 0 Å². The van der Waals surface area contributed by atoms with Gasteiger partial charge < -0.3 is 19.7 Å². The summed E-state index contributed by atoms with van der Waals surface area (Å²) >= 11 is 0. The molecule has 0 aromatic heterocycles. The molecule has 1 N–H and O–H groups in total. The summed E-state index contributed by atoms with van der Waals surface area (Å²) in [5, 5.41) is 2.93. The van der Waals surface area contributed by atoms with E-state index in [1.165, 1.54) is 14.2 Å². The molecule has 6 heteroatoms. The molecule has 2 amide bonds. The molecule has 0 spiro atoms. The monoisotopic (exact) mass is 354 g/mol. The minimum atomic E-state index is -0.288. The maximum absolute atomic E-state index is 12.7. The molecule has 1 atom stereocenters. The lowest BCUT2D eigenvalue weighted by molar-refractivity contribution is -0.117. The van der Waals surface area contributed by atoms with Crippen molar-refractivity contribution >= 4 is 17.5 Å². The van der Waals surface area contributed by atoms with Crippen LogP contribution in [0.25, 0.3) is 0 Å². The molecule has 1 aliphatic heterocycles. The molecule has 0 aliphatic carbocycles. The zero-order valence-corrected chi connectivity index (χ0v) is 15.1. The zero-order valence-electron chi connectivity index (χ0n) is 15.1. The van der Waals surface area contributed by atoms with E-state index in [4.69, 9.17) is 9.47 Å². The quantitative estimate of drug-likeness (QED) is 0.896. The Morgan fingerprint density at radius 3 is 2.50 bits per heavy atom. The van der Waals surface area contributed by atoms with Crippen LogP contribution in [0, 0.1) is 6.92 Å². The number of carbonyl (C=O) groups excluding carboxylic acids is 2. The smallest absolute Gasteiger partial charge is 0.255 e. The van der Waals surface area contributed by atoms with Crippen LogP contribution >= 0.6 is 0 Å². The van der Waals surface area contributed by atoms with E-state index in [-0.39, 0.29) is 24.3 Å². The summed E-state index contributed by atoms with van der Waals surface area (Å²) in [6.07, 6.45) is 0.270. The van der Waals surface area contributed by atoms with Crippen LogP contribution < -0.4 is 19.7 Å². The van der Waals surface area contributed by atoms with E-state index in [0.29, 0.717) is 23.6 Å². The molecule has 1 fully saturated rings. The standard InChI is InChI=1S/C20H22N2O4/c1-13-7-9-15(10-8-13)22-12-14(11-18(22)23)21-20(24)16-5-4-6-17(25-2)19(16)26-3/h4-10,14H,11-12H2,1-3H3,(H,21,24)/t14-/m0/s1. The molecule has 0 saturated carbocycles. The van der Waals surface area contributed by atoms with E-state index in [1.54, 1.807) is 23.1 Å². The molecule has 0 bridgehead atoms. The summed E-state index contributed by atoms with van der Waals surface area (Å²) in [6.45, 7) is 2.44. The Bertz CT molecular complexity index is 817. The minimum Gasteiger partial charge on any atom is -0.493 e. The van der Waals surface area contributed by atoms with Crippen LogP contribution in [0.2, 0.25) is 0 Å². The molecular weight excluding hydrogens is 332 g/mol. The third kappa shape index (κ3) is 3.49. The largest absolute Gasteiger partial charge is 0.493 e. The van der Waals surface area contributed by atoms with Gasteiger partial charge in [-0.3, -0.25) is 9.59 Å².